The van der Waals surface area contributed by atoms with Gasteiger partial charge in [-0.3, -0.25) is 9.59 Å². The van der Waals surface area contributed by atoms with Crippen LogP contribution in [-0.4, -0.2) is 29.4 Å². The minimum atomic E-state index is -0.822. The Labute approximate surface area is 140 Å². The summed E-state index contributed by atoms with van der Waals surface area (Å²) in [7, 11) is 1.30. The number of benzene rings is 1. The second-order valence-electron chi connectivity index (χ2n) is 5.56. The summed E-state index contributed by atoms with van der Waals surface area (Å²) < 4.78 is 4.81. The number of amides is 1. The molecule has 3 atom stereocenters. The third kappa shape index (κ3) is 4.58. The highest BCUT2D eigenvalue weighted by atomic mass is 32.2. The van der Waals surface area contributed by atoms with Crippen LogP contribution in [0.3, 0.4) is 0 Å². The molecule has 2 rings (SSSR count). The molecule has 0 heterocycles. The van der Waals surface area contributed by atoms with Gasteiger partial charge in [-0.2, -0.15) is 0 Å². The molecule has 0 aliphatic heterocycles. The molecule has 1 aromatic carbocycles. The van der Waals surface area contributed by atoms with Gasteiger partial charge in [0.05, 0.1) is 13.0 Å². The Hall–Kier alpha value is -1.82. The minimum Gasteiger partial charge on any atom is -0.467 e. The molecule has 0 radical (unpaired) electrons. The normalized spacial score (nSPS) is 21.5. The van der Waals surface area contributed by atoms with Crippen molar-refractivity contribution in [3.05, 3.63) is 35.9 Å². The van der Waals surface area contributed by atoms with Gasteiger partial charge in [-0.15, -0.1) is 0 Å². The molecule has 1 aromatic rings. The molecule has 1 aliphatic carbocycles. The zero-order chi connectivity index (χ0) is 16.8. The van der Waals surface area contributed by atoms with Gasteiger partial charge in [0.1, 0.15) is 0 Å². The van der Waals surface area contributed by atoms with Crippen LogP contribution < -0.4 is 5.32 Å². The molecule has 1 N–H and O–H groups in total. The molecule has 124 valence electrons. The Morgan fingerprint density at radius 2 is 1.91 bits per heavy atom. The number of methoxy groups -OCH3 is 1. The van der Waals surface area contributed by atoms with Crippen LogP contribution in [-0.2, 0) is 19.1 Å². The second-order valence-corrected chi connectivity index (χ2v) is 6.98. The smallest absolute Gasteiger partial charge is 0.333 e. The number of nitrogens with one attached hydrogen (secondary N) is 1. The number of carbonyl (C=O) groups excluding carboxylic acids is 3. The van der Waals surface area contributed by atoms with Gasteiger partial charge < -0.3 is 10.1 Å². The lowest BCUT2D eigenvalue weighted by Gasteiger charge is -2.22. The molecule has 23 heavy (non-hydrogen) atoms. The third-order valence-corrected chi connectivity index (χ3v) is 5.16. The van der Waals surface area contributed by atoms with Gasteiger partial charge in [0.15, 0.2) is 11.2 Å². The monoisotopic (exact) mass is 335 g/mol. The molecule has 6 heteroatoms. The molecule has 0 spiro atoms. The van der Waals surface area contributed by atoms with Crippen molar-refractivity contribution in [2.45, 2.75) is 37.5 Å². The van der Waals surface area contributed by atoms with E-state index in [0.717, 1.165) is 19.3 Å². The van der Waals surface area contributed by atoms with Crippen molar-refractivity contribution in [2.24, 2.45) is 5.92 Å². The van der Waals surface area contributed by atoms with Gasteiger partial charge in [0.25, 0.3) is 0 Å². The van der Waals surface area contributed by atoms with Crippen LogP contribution in [0.4, 0.5) is 0 Å². The summed E-state index contributed by atoms with van der Waals surface area (Å²) in [5, 5.41) is 2.79. The summed E-state index contributed by atoms with van der Waals surface area (Å²) in [4.78, 5) is 35.9. The fourth-order valence-electron chi connectivity index (χ4n) is 2.87. The molecule has 1 saturated carbocycles. The van der Waals surface area contributed by atoms with E-state index >= 15 is 0 Å². The average Bonchev–Trinajstić information content (AvgIpc) is 3.00. The van der Waals surface area contributed by atoms with E-state index in [-0.39, 0.29) is 22.2 Å². The second kappa shape index (κ2) is 8.15. The zero-order valence-electron chi connectivity index (χ0n) is 13.3. The third-order valence-electron chi connectivity index (χ3n) is 3.96. The topological polar surface area (TPSA) is 72.5 Å². The first kappa shape index (κ1) is 17.5. The first-order valence-electron chi connectivity index (χ1n) is 7.63. The van der Waals surface area contributed by atoms with Gasteiger partial charge in [-0.1, -0.05) is 48.5 Å². The lowest BCUT2D eigenvalue weighted by molar-refractivity contribution is -0.145. The highest BCUT2D eigenvalue weighted by molar-refractivity contribution is 8.14. The molecule has 2 unspecified atom stereocenters. The summed E-state index contributed by atoms with van der Waals surface area (Å²) in [6, 6.07) is 8.19. The van der Waals surface area contributed by atoms with Crippen LogP contribution >= 0.6 is 11.8 Å². The molecular weight excluding hydrogens is 314 g/mol. The summed E-state index contributed by atoms with van der Waals surface area (Å²) in [6.45, 7) is 1.51. The van der Waals surface area contributed by atoms with Gasteiger partial charge in [0.2, 0.25) is 5.91 Å². The van der Waals surface area contributed by atoms with E-state index in [1.54, 1.807) is 24.3 Å². The van der Waals surface area contributed by atoms with Gasteiger partial charge in [-0.05, 0) is 18.4 Å². The van der Waals surface area contributed by atoms with Crippen LogP contribution in [0.5, 0.6) is 0 Å². The number of thioether (sulfide) groups is 1. The lowest BCUT2D eigenvalue weighted by atomic mass is 10.0. The van der Waals surface area contributed by atoms with Crippen molar-refractivity contribution in [3.8, 4) is 0 Å². The molecule has 0 saturated heterocycles. The van der Waals surface area contributed by atoms with E-state index in [9.17, 15) is 14.4 Å². The highest BCUT2D eigenvalue weighted by Crippen LogP contribution is 2.36. The summed E-state index contributed by atoms with van der Waals surface area (Å²) in [5.74, 6) is -0.946. The standard InChI is InChI=1S/C17H21NO4S/c1-11(19)23-14-10-6-9-13(14)16(20)18-15(17(21)22-2)12-7-4-3-5-8-12/h3-5,7-8,13-15H,6,9-10H2,1-2H3,(H,18,20)/t13?,14?,15-/m1/s1. The van der Waals surface area contributed by atoms with Gasteiger partial charge >= 0.3 is 5.97 Å². The summed E-state index contributed by atoms with van der Waals surface area (Å²) >= 11 is 1.22. The number of ether oxygens (including phenoxy) is 1. The van der Waals surface area contributed by atoms with Crippen LogP contribution in [0.1, 0.15) is 37.8 Å². The van der Waals surface area contributed by atoms with Crippen LogP contribution in [0.2, 0.25) is 0 Å². The summed E-state index contributed by atoms with van der Waals surface area (Å²) in [5.41, 5.74) is 0.682. The largest absolute Gasteiger partial charge is 0.467 e. The Morgan fingerprint density at radius 3 is 2.52 bits per heavy atom. The van der Waals surface area contributed by atoms with Crippen molar-refractivity contribution in [3.63, 3.8) is 0 Å². The van der Waals surface area contributed by atoms with Crippen LogP contribution in [0, 0.1) is 5.92 Å². The van der Waals surface area contributed by atoms with Crippen molar-refractivity contribution < 1.29 is 19.1 Å². The number of esters is 1. The lowest BCUT2D eigenvalue weighted by Crippen LogP contribution is -2.40. The highest BCUT2D eigenvalue weighted by Gasteiger charge is 2.36. The maximum atomic E-state index is 12.6. The Morgan fingerprint density at radius 1 is 1.22 bits per heavy atom. The van der Waals surface area contributed by atoms with Crippen molar-refractivity contribution in [1.29, 1.82) is 0 Å². The van der Waals surface area contributed by atoms with Crippen molar-refractivity contribution in [1.82, 2.24) is 5.32 Å². The maximum Gasteiger partial charge on any atom is 0.333 e. The summed E-state index contributed by atoms with van der Waals surface area (Å²) in [6.07, 6.45) is 2.49. The van der Waals surface area contributed by atoms with E-state index in [2.05, 4.69) is 5.32 Å². The van der Waals surface area contributed by atoms with E-state index in [0.29, 0.717) is 5.56 Å². The zero-order valence-corrected chi connectivity index (χ0v) is 14.1. The average molecular weight is 335 g/mol. The quantitative estimate of drug-likeness (QED) is 0.837. The van der Waals surface area contributed by atoms with E-state index < -0.39 is 12.0 Å². The number of carbonyl (C=O) groups is 3. The fourth-order valence-corrected chi connectivity index (χ4v) is 4.01. The molecule has 1 fully saturated rings. The first-order chi connectivity index (χ1) is 11.0. The van der Waals surface area contributed by atoms with Crippen LogP contribution in [0.25, 0.3) is 0 Å². The molecule has 0 bridgehead atoms. The maximum absolute atomic E-state index is 12.6. The minimum absolute atomic E-state index is 0.0124. The van der Waals surface area contributed by atoms with Crippen LogP contribution in [0.15, 0.2) is 30.3 Å². The number of hydrogen-bond acceptors (Lipinski definition) is 5. The van der Waals surface area contributed by atoms with E-state index in [1.165, 1.54) is 25.8 Å². The Bertz CT molecular complexity index is 575. The Kier molecular flexibility index (Phi) is 6.21. The van der Waals surface area contributed by atoms with Gasteiger partial charge in [-0.25, -0.2) is 4.79 Å². The fraction of sp³-hybridized carbons (Fsp3) is 0.471. The molecular formula is C17H21NO4S. The molecule has 5 nitrogen and oxygen atoms in total. The van der Waals surface area contributed by atoms with E-state index in [4.69, 9.17) is 4.74 Å². The predicted octanol–water partition coefficient (Wildman–Crippen LogP) is 2.47. The molecule has 1 amide bonds. The van der Waals surface area contributed by atoms with Crippen molar-refractivity contribution >= 4 is 28.8 Å². The van der Waals surface area contributed by atoms with E-state index in [1.807, 2.05) is 6.07 Å². The first-order valence-corrected chi connectivity index (χ1v) is 8.51. The predicted molar refractivity (Wildman–Crippen MR) is 88.7 cm³/mol. The molecule has 1 aliphatic rings. The molecule has 0 aromatic heterocycles. The Balaban J connectivity index is 2.11. The number of hydrogen-bond donors (Lipinski definition) is 1. The number of rotatable bonds is 5. The SMILES string of the molecule is COC(=O)[C@H](NC(=O)C1CCCC1SC(C)=O)c1ccccc1. The van der Waals surface area contributed by atoms with Gasteiger partial charge in [0, 0.05) is 12.2 Å². The van der Waals surface area contributed by atoms with Crippen molar-refractivity contribution in [2.75, 3.05) is 7.11 Å².